The van der Waals surface area contributed by atoms with Gasteiger partial charge in [0.2, 0.25) is 0 Å². The molecule has 0 amide bonds. The quantitative estimate of drug-likeness (QED) is 0.257. The third-order valence-electron chi connectivity index (χ3n) is 3.87. The maximum atomic E-state index is 5.43. The van der Waals surface area contributed by atoms with E-state index in [2.05, 4.69) is 45.0 Å². The van der Waals surface area contributed by atoms with Gasteiger partial charge in [-0.05, 0) is 38.3 Å². The van der Waals surface area contributed by atoms with Crippen molar-refractivity contribution in [3.8, 4) is 5.75 Å². The van der Waals surface area contributed by atoms with Gasteiger partial charge in [-0.1, -0.05) is 17.7 Å². The lowest BCUT2D eigenvalue weighted by atomic mass is 10.1. The van der Waals surface area contributed by atoms with Crippen molar-refractivity contribution in [2.75, 3.05) is 27.2 Å². The smallest absolute Gasteiger partial charge is 0.190 e. The number of nitrogens with zero attached hydrogens (tertiary/aromatic N) is 2. The number of aryl methyl sites for hydroxylation is 3. The first-order valence-corrected chi connectivity index (χ1v) is 9.49. The molecule has 26 heavy (non-hydrogen) atoms. The summed E-state index contributed by atoms with van der Waals surface area (Å²) in [6, 6.07) is 6.27. The molecule has 0 saturated heterocycles. The summed E-state index contributed by atoms with van der Waals surface area (Å²) >= 11 is 1.73. The second-order valence-electron chi connectivity index (χ2n) is 5.98. The molecule has 0 saturated carbocycles. The predicted molar refractivity (Wildman–Crippen MR) is 121 cm³/mol. The van der Waals surface area contributed by atoms with Crippen LogP contribution < -0.4 is 15.4 Å². The first kappa shape index (κ1) is 22.7. The Morgan fingerprint density at radius 1 is 1.19 bits per heavy atom. The molecule has 2 N–H and O–H groups in total. The number of aliphatic imine (C=N–C) groups is 1. The van der Waals surface area contributed by atoms with Crippen LogP contribution in [0.1, 0.15) is 28.2 Å². The van der Waals surface area contributed by atoms with Crippen LogP contribution in [0.2, 0.25) is 0 Å². The molecule has 7 heteroatoms. The summed E-state index contributed by atoms with van der Waals surface area (Å²) in [5, 5.41) is 10.0. The van der Waals surface area contributed by atoms with Gasteiger partial charge in [0.1, 0.15) is 5.75 Å². The number of guanidine groups is 1. The first-order valence-electron chi connectivity index (χ1n) is 8.61. The molecule has 1 aromatic heterocycles. The zero-order valence-electron chi connectivity index (χ0n) is 16.0. The standard InChI is InChI=1S/C19H28N4OS.HI/c1-14-7-8-17(24-4)16(12-14)9-11-22-19(20-3)21-10-5-6-18-23-15(2)13-25-18;/h7-8,12-13H,5-6,9-11H2,1-4H3,(H2,20,21,22);1H. The number of halogens is 1. The van der Waals surface area contributed by atoms with Crippen LogP contribution in [0.15, 0.2) is 28.6 Å². The summed E-state index contributed by atoms with van der Waals surface area (Å²) in [5.41, 5.74) is 3.57. The van der Waals surface area contributed by atoms with Crippen molar-refractivity contribution in [3.05, 3.63) is 45.4 Å². The molecule has 0 fully saturated rings. The van der Waals surface area contributed by atoms with E-state index in [1.54, 1.807) is 25.5 Å². The van der Waals surface area contributed by atoms with E-state index in [1.807, 2.05) is 13.0 Å². The summed E-state index contributed by atoms with van der Waals surface area (Å²) in [5.74, 6) is 1.77. The highest BCUT2D eigenvalue weighted by atomic mass is 127. The lowest BCUT2D eigenvalue weighted by molar-refractivity contribution is 0.409. The fourth-order valence-corrected chi connectivity index (χ4v) is 3.42. The zero-order chi connectivity index (χ0) is 18.1. The molecule has 0 aliphatic rings. The molecule has 0 aliphatic heterocycles. The molecular weight excluding hydrogens is 459 g/mol. The van der Waals surface area contributed by atoms with Crippen molar-refractivity contribution in [1.29, 1.82) is 0 Å². The summed E-state index contributed by atoms with van der Waals surface area (Å²) in [7, 11) is 3.51. The maximum Gasteiger partial charge on any atom is 0.190 e. The van der Waals surface area contributed by atoms with E-state index in [0.717, 1.165) is 49.8 Å². The number of hydrogen-bond donors (Lipinski definition) is 2. The Kier molecular flexibility index (Phi) is 10.6. The number of rotatable bonds is 8. The van der Waals surface area contributed by atoms with Gasteiger partial charge >= 0.3 is 0 Å². The van der Waals surface area contributed by atoms with Crippen LogP contribution >= 0.6 is 35.3 Å². The number of ether oxygens (including phenoxy) is 1. The molecule has 0 radical (unpaired) electrons. The van der Waals surface area contributed by atoms with E-state index < -0.39 is 0 Å². The average Bonchev–Trinajstić information content (AvgIpc) is 3.02. The normalized spacial score (nSPS) is 11.0. The Labute approximate surface area is 177 Å². The number of hydrogen-bond acceptors (Lipinski definition) is 4. The number of thiazole rings is 1. The van der Waals surface area contributed by atoms with Crippen molar-refractivity contribution < 1.29 is 4.74 Å². The molecule has 1 heterocycles. The van der Waals surface area contributed by atoms with Crippen molar-refractivity contribution in [3.63, 3.8) is 0 Å². The highest BCUT2D eigenvalue weighted by molar-refractivity contribution is 14.0. The Morgan fingerprint density at radius 2 is 1.96 bits per heavy atom. The van der Waals surface area contributed by atoms with Gasteiger partial charge in [-0.3, -0.25) is 4.99 Å². The van der Waals surface area contributed by atoms with Crippen LogP contribution in [0.4, 0.5) is 0 Å². The molecular formula is C19H29IN4OS. The largest absolute Gasteiger partial charge is 0.496 e. The number of aromatic nitrogens is 1. The Morgan fingerprint density at radius 3 is 2.62 bits per heavy atom. The summed E-state index contributed by atoms with van der Waals surface area (Å²) in [4.78, 5) is 8.77. The second-order valence-corrected chi connectivity index (χ2v) is 6.92. The van der Waals surface area contributed by atoms with Gasteiger partial charge in [0.25, 0.3) is 0 Å². The minimum atomic E-state index is 0. The fraction of sp³-hybridized carbons (Fsp3) is 0.474. The van der Waals surface area contributed by atoms with E-state index in [0.29, 0.717) is 0 Å². The maximum absolute atomic E-state index is 5.43. The monoisotopic (exact) mass is 488 g/mol. The SMILES string of the molecule is CN=C(NCCCc1nc(C)cs1)NCCc1cc(C)ccc1OC.I. The van der Waals surface area contributed by atoms with Crippen molar-refractivity contribution >= 4 is 41.3 Å². The van der Waals surface area contributed by atoms with Crippen LogP contribution in [0.25, 0.3) is 0 Å². The molecule has 0 atom stereocenters. The van der Waals surface area contributed by atoms with Crippen LogP contribution in [0.5, 0.6) is 5.75 Å². The van der Waals surface area contributed by atoms with Crippen LogP contribution in [-0.4, -0.2) is 38.2 Å². The van der Waals surface area contributed by atoms with E-state index >= 15 is 0 Å². The molecule has 0 bridgehead atoms. The van der Waals surface area contributed by atoms with Crippen molar-refractivity contribution in [2.24, 2.45) is 4.99 Å². The van der Waals surface area contributed by atoms with Gasteiger partial charge in [0, 0.05) is 37.6 Å². The lowest BCUT2D eigenvalue weighted by Gasteiger charge is -2.13. The summed E-state index contributed by atoms with van der Waals surface area (Å²) < 4.78 is 5.43. The number of nitrogens with one attached hydrogen (secondary N) is 2. The Balaban J connectivity index is 0.00000338. The van der Waals surface area contributed by atoms with Crippen molar-refractivity contribution in [1.82, 2.24) is 15.6 Å². The van der Waals surface area contributed by atoms with Crippen LogP contribution in [0.3, 0.4) is 0 Å². The number of benzene rings is 1. The first-order chi connectivity index (χ1) is 12.1. The van der Waals surface area contributed by atoms with Gasteiger partial charge in [-0.15, -0.1) is 35.3 Å². The van der Waals surface area contributed by atoms with Gasteiger partial charge in [-0.2, -0.15) is 0 Å². The molecule has 2 aromatic rings. The summed E-state index contributed by atoms with van der Waals surface area (Å²) in [6.07, 6.45) is 2.94. The van der Waals surface area contributed by atoms with E-state index in [9.17, 15) is 0 Å². The van der Waals surface area contributed by atoms with Gasteiger partial charge < -0.3 is 15.4 Å². The van der Waals surface area contributed by atoms with Crippen LogP contribution in [-0.2, 0) is 12.8 Å². The Bertz CT molecular complexity index is 703. The molecule has 0 aliphatic carbocycles. The third kappa shape index (κ3) is 7.49. The average molecular weight is 488 g/mol. The Hall–Kier alpha value is -1.35. The molecule has 144 valence electrons. The second kappa shape index (κ2) is 12.1. The van der Waals surface area contributed by atoms with E-state index in [-0.39, 0.29) is 24.0 Å². The highest BCUT2D eigenvalue weighted by Crippen LogP contribution is 2.19. The lowest BCUT2D eigenvalue weighted by Crippen LogP contribution is -2.38. The van der Waals surface area contributed by atoms with E-state index in [4.69, 9.17) is 4.74 Å². The van der Waals surface area contributed by atoms with Gasteiger partial charge in [-0.25, -0.2) is 4.98 Å². The zero-order valence-corrected chi connectivity index (χ0v) is 19.1. The van der Waals surface area contributed by atoms with Crippen LogP contribution in [0, 0.1) is 13.8 Å². The number of methoxy groups -OCH3 is 1. The minimum Gasteiger partial charge on any atom is -0.496 e. The van der Waals surface area contributed by atoms with Crippen molar-refractivity contribution in [2.45, 2.75) is 33.1 Å². The summed E-state index contributed by atoms with van der Waals surface area (Å²) in [6.45, 7) is 5.82. The molecule has 5 nitrogen and oxygen atoms in total. The topological polar surface area (TPSA) is 58.5 Å². The molecule has 0 spiro atoms. The van der Waals surface area contributed by atoms with Gasteiger partial charge in [0.05, 0.1) is 12.1 Å². The molecule has 1 aromatic carbocycles. The molecule has 2 rings (SSSR count). The van der Waals surface area contributed by atoms with E-state index in [1.165, 1.54) is 16.1 Å². The molecule has 0 unspecified atom stereocenters. The third-order valence-corrected chi connectivity index (χ3v) is 4.90. The highest BCUT2D eigenvalue weighted by Gasteiger charge is 2.04. The fourth-order valence-electron chi connectivity index (χ4n) is 2.60. The minimum absolute atomic E-state index is 0. The predicted octanol–water partition coefficient (Wildman–Crippen LogP) is 3.73. The van der Waals surface area contributed by atoms with Gasteiger partial charge in [0.15, 0.2) is 5.96 Å².